The monoisotopic (exact) mass is 255 g/mol. The summed E-state index contributed by atoms with van der Waals surface area (Å²) in [5.41, 5.74) is -0.571. The molecule has 0 bridgehead atoms. The fraction of sp³-hybridized carbons (Fsp3) is 0.667. The highest BCUT2D eigenvalue weighted by atomic mass is 32.1. The molecular formula is C12H17NO3S. The van der Waals surface area contributed by atoms with Crippen LogP contribution < -0.4 is 0 Å². The Labute approximate surface area is 105 Å². The maximum Gasteiger partial charge on any atom is 0.315 e. The molecule has 1 aromatic rings. The van der Waals surface area contributed by atoms with Gasteiger partial charge in [0, 0.05) is 12.5 Å². The Kier molecular flexibility index (Phi) is 2.99. The molecule has 1 heterocycles. The van der Waals surface area contributed by atoms with Crippen LogP contribution in [0.3, 0.4) is 0 Å². The molecule has 1 aliphatic rings. The number of rotatable bonds is 4. The summed E-state index contributed by atoms with van der Waals surface area (Å²) in [6.45, 7) is 3.35. The first-order valence-corrected chi connectivity index (χ1v) is 6.55. The molecule has 0 spiro atoms. The Hall–Kier alpha value is -0.940. The van der Waals surface area contributed by atoms with E-state index in [2.05, 4.69) is 4.98 Å². The SMILES string of the molecule is COC1(c2nc(C(C)(C)C(=O)O)cs2)CCC1. The van der Waals surface area contributed by atoms with E-state index in [-0.39, 0.29) is 5.60 Å². The molecule has 0 unspecified atom stereocenters. The van der Waals surface area contributed by atoms with E-state index in [1.807, 2.05) is 5.38 Å². The van der Waals surface area contributed by atoms with Crippen molar-refractivity contribution in [3.8, 4) is 0 Å². The highest BCUT2D eigenvalue weighted by molar-refractivity contribution is 7.09. The Bertz CT molecular complexity index is 429. The smallest absolute Gasteiger partial charge is 0.315 e. The summed E-state index contributed by atoms with van der Waals surface area (Å²) >= 11 is 1.50. The molecule has 17 heavy (non-hydrogen) atoms. The van der Waals surface area contributed by atoms with Crippen LogP contribution in [0.25, 0.3) is 0 Å². The third kappa shape index (κ3) is 1.87. The topological polar surface area (TPSA) is 59.4 Å². The van der Waals surface area contributed by atoms with Gasteiger partial charge in [-0.2, -0.15) is 0 Å². The van der Waals surface area contributed by atoms with Gasteiger partial charge < -0.3 is 9.84 Å². The second kappa shape index (κ2) is 4.07. The van der Waals surface area contributed by atoms with Crippen LogP contribution in [-0.4, -0.2) is 23.2 Å². The van der Waals surface area contributed by atoms with Crippen LogP contribution in [0.15, 0.2) is 5.38 Å². The molecule has 0 saturated heterocycles. The number of hydrogen-bond donors (Lipinski definition) is 1. The third-order valence-electron chi connectivity index (χ3n) is 3.62. The predicted octanol–water partition coefficient (Wildman–Crippen LogP) is 2.53. The van der Waals surface area contributed by atoms with Crippen molar-refractivity contribution < 1.29 is 14.6 Å². The van der Waals surface area contributed by atoms with Gasteiger partial charge in [0.1, 0.15) is 16.0 Å². The Balaban J connectivity index is 2.30. The van der Waals surface area contributed by atoms with Crippen LogP contribution in [0.4, 0.5) is 0 Å². The summed E-state index contributed by atoms with van der Waals surface area (Å²) in [7, 11) is 1.70. The zero-order chi connectivity index (χ0) is 12.7. The number of hydrogen-bond acceptors (Lipinski definition) is 4. The number of aliphatic carboxylic acids is 1. The van der Waals surface area contributed by atoms with Crippen molar-refractivity contribution in [1.82, 2.24) is 4.98 Å². The lowest BCUT2D eigenvalue weighted by Crippen LogP contribution is -2.36. The van der Waals surface area contributed by atoms with E-state index in [1.54, 1.807) is 21.0 Å². The van der Waals surface area contributed by atoms with Gasteiger partial charge in [-0.1, -0.05) is 0 Å². The maximum atomic E-state index is 11.2. The van der Waals surface area contributed by atoms with Crippen LogP contribution in [0, 0.1) is 0 Å². The van der Waals surface area contributed by atoms with Crippen LogP contribution in [0.5, 0.6) is 0 Å². The van der Waals surface area contributed by atoms with Crippen LogP contribution in [0.2, 0.25) is 0 Å². The summed E-state index contributed by atoms with van der Waals surface area (Å²) in [6.07, 6.45) is 3.10. The van der Waals surface area contributed by atoms with Crippen LogP contribution >= 0.6 is 11.3 Å². The van der Waals surface area contributed by atoms with E-state index in [1.165, 1.54) is 11.3 Å². The number of carboxylic acids is 1. The van der Waals surface area contributed by atoms with E-state index < -0.39 is 11.4 Å². The largest absolute Gasteiger partial charge is 0.481 e. The van der Waals surface area contributed by atoms with Crippen molar-refractivity contribution in [3.63, 3.8) is 0 Å². The molecule has 0 radical (unpaired) electrons. The van der Waals surface area contributed by atoms with E-state index in [4.69, 9.17) is 9.84 Å². The zero-order valence-corrected chi connectivity index (χ0v) is 11.1. The van der Waals surface area contributed by atoms with Crippen molar-refractivity contribution in [3.05, 3.63) is 16.1 Å². The van der Waals surface area contributed by atoms with E-state index in [0.29, 0.717) is 5.69 Å². The standard InChI is InChI=1S/C12H17NO3S/c1-11(2,10(14)15)8-7-17-9(13-8)12(16-3)5-4-6-12/h7H,4-6H2,1-3H3,(H,14,15). The minimum atomic E-state index is -0.937. The molecule has 4 nitrogen and oxygen atoms in total. The Morgan fingerprint density at radius 1 is 1.59 bits per heavy atom. The summed E-state index contributed by atoms with van der Waals surface area (Å²) in [6, 6.07) is 0. The molecule has 0 aliphatic heterocycles. The van der Waals surface area contributed by atoms with Gasteiger partial charge in [0.05, 0.1) is 5.69 Å². The predicted molar refractivity (Wildman–Crippen MR) is 65.3 cm³/mol. The lowest BCUT2D eigenvalue weighted by Gasteiger charge is -2.38. The molecule has 1 aromatic heterocycles. The number of ether oxygens (including phenoxy) is 1. The highest BCUT2D eigenvalue weighted by Crippen LogP contribution is 2.46. The molecule has 1 aliphatic carbocycles. The summed E-state index contributed by atoms with van der Waals surface area (Å²) in [5.74, 6) is -0.852. The number of carbonyl (C=O) groups is 1. The van der Waals surface area contributed by atoms with Gasteiger partial charge in [0.2, 0.25) is 0 Å². The number of methoxy groups -OCH3 is 1. The second-order valence-corrected chi connectivity index (χ2v) is 5.88. The van der Waals surface area contributed by atoms with Crippen molar-refractivity contribution in [1.29, 1.82) is 0 Å². The molecular weight excluding hydrogens is 238 g/mol. The van der Waals surface area contributed by atoms with Crippen molar-refractivity contribution in [2.75, 3.05) is 7.11 Å². The van der Waals surface area contributed by atoms with Gasteiger partial charge in [0.15, 0.2) is 0 Å². The van der Waals surface area contributed by atoms with E-state index in [9.17, 15) is 4.79 Å². The lowest BCUT2D eigenvalue weighted by molar-refractivity contribution is -0.142. The Morgan fingerprint density at radius 2 is 2.24 bits per heavy atom. The van der Waals surface area contributed by atoms with Gasteiger partial charge in [-0.3, -0.25) is 4.79 Å². The van der Waals surface area contributed by atoms with Gasteiger partial charge in [-0.15, -0.1) is 11.3 Å². The lowest BCUT2D eigenvalue weighted by atomic mass is 9.80. The average Bonchev–Trinajstić information content (AvgIpc) is 2.67. The number of nitrogens with zero attached hydrogens (tertiary/aromatic N) is 1. The van der Waals surface area contributed by atoms with Gasteiger partial charge in [0.25, 0.3) is 0 Å². The number of carboxylic acid groups (broad SMARTS) is 1. The minimum Gasteiger partial charge on any atom is -0.481 e. The second-order valence-electron chi connectivity index (χ2n) is 5.02. The molecule has 0 aromatic carbocycles. The number of aromatic nitrogens is 1. The third-order valence-corrected chi connectivity index (χ3v) is 4.65. The molecule has 1 N–H and O–H groups in total. The molecule has 0 amide bonds. The summed E-state index contributed by atoms with van der Waals surface area (Å²) in [5, 5.41) is 11.9. The van der Waals surface area contributed by atoms with Crippen molar-refractivity contribution >= 4 is 17.3 Å². The molecule has 2 rings (SSSR count). The van der Waals surface area contributed by atoms with Gasteiger partial charge in [-0.25, -0.2) is 4.98 Å². The zero-order valence-electron chi connectivity index (χ0n) is 10.3. The normalized spacial score (nSPS) is 18.8. The fourth-order valence-corrected chi connectivity index (χ4v) is 3.11. The first-order valence-electron chi connectivity index (χ1n) is 5.67. The van der Waals surface area contributed by atoms with E-state index >= 15 is 0 Å². The molecule has 1 fully saturated rings. The first kappa shape index (κ1) is 12.5. The average molecular weight is 255 g/mol. The van der Waals surface area contributed by atoms with Crippen molar-refractivity contribution in [2.24, 2.45) is 0 Å². The minimum absolute atomic E-state index is 0.252. The molecule has 94 valence electrons. The Morgan fingerprint density at radius 3 is 2.65 bits per heavy atom. The van der Waals surface area contributed by atoms with E-state index in [0.717, 1.165) is 24.3 Å². The summed E-state index contributed by atoms with van der Waals surface area (Å²) < 4.78 is 5.55. The molecule has 5 heteroatoms. The van der Waals surface area contributed by atoms with Crippen molar-refractivity contribution in [2.45, 2.75) is 44.1 Å². The molecule has 0 atom stereocenters. The molecule has 1 saturated carbocycles. The van der Waals surface area contributed by atoms with Crippen LogP contribution in [0.1, 0.15) is 43.8 Å². The van der Waals surface area contributed by atoms with Gasteiger partial charge >= 0.3 is 5.97 Å². The summed E-state index contributed by atoms with van der Waals surface area (Å²) in [4.78, 5) is 15.6. The quantitative estimate of drug-likeness (QED) is 0.898. The maximum absolute atomic E-state index is 11.2. The fourth-order valence-electron chi connectivity index (χ4n) is 1.88. The van der Waals surface area contributed by atoms with Crippen LogP contribution in [-0.2, 0) is 20.5 Å². The number of thiazole rings is 1. The highest BCUT2D eigenvalue weighted by Gasteiger charge is 2.43. The first-order chi connectivity index (χ1) is 7.92. The van der Waals surface area contributed by atoms with Gasteiger partial charge in [-0.05, 0) is 33.1 Å².